The monoisotopic (exact) mass is 254 g/mol. The van der Waals surface area contributed by atoms with Crippen molar-refractivity contribution in [1.29, 1.82) is 0 Å². The molecule has 2 rings (SSSR count). The molecular weight excluding hydrogens is 240 g/mol. The summed E-state index contributed by atoms with van der Waals surface area (Å²) >= 11 is 0. The zero-order chi connectivity index (χ0) is 12.9. The van der Waals surface area contributed by atoms with Gasteiger partial charge in [0.05, 0.1) is 4.90 Å². The number of aliphatic hydroxyl groups is 1. The second-order valence-electron chi connectivity index (χ2n) is 3.30. The molecule has 0 amide bonds. The Morgan fingerprint density at radius 2 is 1.59 bits per heavy atom. The maximum atomic E-state index is 10.8. The van der Waals surface area contributed by atoms with Gasteiger partial charge in [-0.2, -0.15) is 8.42 Å². The zero-order valence-electron chi connectivity index (χ0n) is 9.37. The van der Waals surface area contributed by atoms with Crippen LogP contribution in [-0.4, -0.2) is 24.7 Å². The molecule has 0 saturated carbocycles. The van der Waals surface area contributed by atoms with Crippen molar-refractivity contribution in [1.82, 2.24) is 0 Å². The second kappa shape index (κ2) is 5.77. The largest absolute Gasteiger partial charge is 0.397 e. The van der Waals surface area contributed by atoms with Crippen LogP contribution in [0.4, 0.5) is 0 Å². The summed E-state index contributed by atoms with van der Waals surface area (Å²) in [6.45, 7) is 1.93. The average molecular weight is 254 g/mol. The van der Waals surface area contributed by atoms with E-state index in [1.165, 1.54) is 12.1 Å². The second-order valence-corrected chi connectivity index (χ2v) is 4.72. The highest BCUT2D eigenvalue weighted by atomic mass is 32.2. The minimum absolute atomic E-state index is 0.0730. The number of benzene rings is 2. The maximum absolute atomic E-state index is 10.8. The van der Waals surface area contributed by atoms with Gasteiger partial charge in [0, 0.05) is 6.61 Å². The van der Waals surface area contributed by atoms with Gasteiger partial charge in [-0.25, -0.2) is 0 Å². The van der Waals surface area contributed by atoms with Crippen LogP contribution in [-0.2, 0) is 10.1 Å². The van der Waals surface area contributed by atoms with Crippen LogP contribution in [0.5, 0.6) is 0 Å². The highest BCUT2D eigenvalue weighted by molar-refractivity contribution is 7.85. The molecule has 4 nitrogen and oxygen atoms in total. The smallest absolute Gasteiger partial charge is 0.294 e. The van der Waals surface area contributed by atoms with E-state index in [1.807, 2.05) is 18.2 Å². The topological polar surface area (TPSA) is 74.6 Å². The third kappa shape index (κ3) is 3.81. The Kier molecular flexibility index (Phi) is 4.62. The minimum Gasteiger partial charge on any atom is -0.397 e. The zero-order valence-corrected chi connectivity index (χ0v) is 10.2. The molecule has 0 aliphatic carbocycles. The van der Waals surface area contributed by atoms with Gasteiger partial charge in [-0.05, 0) is 29.8 Å². The molecular formula is C12H14O4S. The van der Waals surface area contributed by atoms with Crippen LogP contribution in [0.2, 0.25) is 0 Å². The number of hydrogen-bond acceptors (Lipinski definition) is 3. The highest BCUT2D eigenvalue weighted by Crippen LogP contribution is 2.18. The van der Waals surface area contributed by atoms with Gasteiger partial charge in [-0.15, -0.1) is 0 Å². The molecule has 0 bridgehead atoms. The SMILES string of the molecule is CCO.O=S(=O)(O)c1ccc2ccccc2c1. The first-order valence-electron chi connectivity index (χ1n) is 5.06. The Bertz CT molecular complexity index is 590. The molecule has 0 atom stereocenters. The molecule has 17 heavy (non-hydrogen) atoms. The van der Waals surface area contributed by atoms with Crippen molar-refractivity contribution >= 4 is 20.9 Å². The number of fused-ring (bicyclic) bond motifs is 1. The summed E-state index contributed by atoms with van der Waals surface area (Å²) < 4.78 is 30.5. The van der Waals surface area contributed by atoms with Crippen molar-refractivity contribution in [2.45, 2.75) is 11.8 Å². The van der Waals surface area contributed by atoms with Gasteiger partial charge >= 0.3 is 0 Å². The predicted molar refractivity (Wildman–Crippen MR) is 66.5 cm³/mol. The Balaban J connectivity index is 0.000000437. The lowest BCUT2D eigenvalue weighted by atomic mass is 10.1. The van der Waals surface area contributed by atoms with E-state index < -0.39 is 10.1 Å². The van der Waals surface area contributed by atoms with Gasteiger partial charge in [0.2, 0.25) is 0 Å². The molecule has 0 aliphatic heterocycles. The quantitative estimate of drug-likeness (QED) is 0.764. The Morgan fingerprint density at radius 1 is 1.06 bits per heavy atom. The lowest BCUT2D eigenvalue weighted by Gasteiger charge is -1.99. The fourth-order valence-electron chi connectivity index (χ4n) is 1.33. The van der Waals surface area contributed by atoms with E-state index in [1.54, 1.807) is 19.1 Å². The summed E-state index contributed by atoms with van der Waals surface area (Å²) in [4.78, 5) is -0.0730. The fourth-order valence-corrected chi connectivity index (χ4v) is 1.84. The lowest BCUT2D eigenvalue weighted by molar-refractivity contribution is 0.318. The number of rotatable bonds is 1. The van der Waals surface area contributed by atoms with E-state index in [-0.39, 0.29) is 11.5 Å². The van der Waals surface area contributed by atoms with Crippen molar-refractivity contribution in [3.63, 3.8) is 0 Å². The van der Waals surface area contributed by atoms with Crippen LogP contribution in [0.3, 0.4) is 0 Å². The normalized spacial score (nSPS) is 10.8. The molecule has 0 unspecified atom stereocenters. The summed E-state index contributed by atoms with van der Waals surface area (Å²) in [5.74, 6) is 0. The molecule has 0 aliphatic rings. The van der Waals surface area contributed by atoms with E-state index in [0.717, 1.165) is 10.8 Å². The number of hydrogen-bond donors (Lipinski definition) is 2. The molecule has 92 valence electrons. The maximum Gasteiger partial charge on any atom is 0.294 e. The van der Waals surface area contributed by atoms with E-state index in [9.17, 15) is 8.42 Å². The van der Waals surface area contributed by atoms with E-state index >= 15 is 0 Å². The Hall–Kier alpha value is -1.43. The standard InChI is InChI=1S/C10H8O3S.C2H6O/c11-14(12,13)10-6-5-8-3-1-2-4-9(8)7-10;1-2-3/h1-7H,(H,11,12,13);3H,2H2,1H3. The third-order valence-corrected chi connectivity index (χ3v) is 2.87. The van der Waals surface area contributed by atoms with Gasteiger partial charge in [-0.3, -0.25) is 4.55 Å². The van der Waals surface area contributed by atoms with E-state index in [0.29, 0.717) is 0 Å². The summed E-state index contributed by atoms with van der Waals surface area (Å²) in [5, 5.41) is 9.31. The molecule has 0 radical (unpaired) electrons. The predicted octanol–water partition coefficient (Wildman–Crippen LogP) is 2.09. The van der Waals surface area contributed by atoms with Crippen LogP contribution in [0, 0.1) is 0 Å². The van der Waals surface area contributed by atoms with Crippen molar-refractivity contribution < 1.29 is 18.1 Å². The number of aliphatic hydroxyl groups excluding tert-OH is 1. The summed E-state index contributed by atoms with van der Waals surface area (Å²) in [6.07, 6.45) is 0. The van der Waals surface area contributed by atoms with E-state index in [4.69, 9.17) is 9.66 Å². The molecule has 0 heterocycles. The summed E-state index contributed by atoms with van der Waals surface area (Å²) in [5.41, 5.74) is 0. The summed E-state index contributed by atoms with van der Waals surface area (Å²) in [6, 6.07) is 11.9. The summed E-state index contributed by atoms with van der Waals surface area (Å²) in [7, 11) is -4.09. The van der Waals surface area contributed by atoms with Crippen molar-refractivity contribution in [2.24, 2.45) is 0 Å². The van der Waals surface area contributed by atoms with Crippen molar-refractivity contribution in [3.05, 3.63) is 42.5 Å². The van der Waals surface area contributed by atoms with E-state index in [2.05, 4.69) is 0 Å². The Labute approximate surface area is 100 Å². The first-order chi connectivity index (χ1) is 7.99. The first-order valence-corrected chi connectivity index (χ1v) is 6.50. The van der Waals surface area contributed by atoms with Crippen molar-refractivity contribution in [3.8, 4) is 0 Å². The van der Waals surface area contributed by atoms with Gasteiger partial charge in [0.1, 0.15) is 0 Å². The molecule has 5 heteroatoms. The molecule has 2 aromatic carbocycles. The average Bonchev–Trinajstić information content (AvgIpc) is 2.28. The molecule has 0 aromatic heterocycles. The molecule has 2 N–H and O–H groups in total. The van der Waals surface area contributed by atoms with Crippen LogP contribution >= 0.6 is 0 Å². The van der Waals surface area contributed by atoms with Gasteiger partial charge in [-0.1, -0.05) is 30.3 Å². The van der Waals surface area contributed by atoms with Gasteiger partial charge in [0.25, 0.3) is 10.1 Å². The van der Waals surface area contributed by atoms with Gasteiger partial charge in [0.15, 0.2) is 0 Å². The van der Waals surface area contributed by atoms with Crippen LogP contribution in [0.1, 0.15) is 6.92 Å². The lowest BCUT2D eigenvalue weighted by Crippen LogP contribution is -1.97. The fraction of sp³-hybridized carbons (Fsp3) is 0.167. The Morgan fingerprint density at radius 3 is 2.12 bits per heavy atom. The minimum atomic E-state index is -4.09. The van der Waals surface area contributed by atoms with Crippen LogP contribution in [0.25, 0.3) is 10.8 Å². The molecule has 0 fully saturated rings. The van der Waals surface area contributed by atoms with Gasteiger partial charge < -0.3 is 5.11 Å². The van der Waals surface area contributed by atoms with Crippen LogP contribution in [0.15, 0.2) is 47.4 Å². The highest BCUT2D eigenvalue weighted by Gasteiger charge is 2.08. The molecule has 0 saturated heterocycles. The van der Waals surface area contributed by atoms with Crippen molar-refractivity contribution in [2.75, 3.05) is 6.61 Å². The van der Waals surface area contributed by atoms with Crippen LogP contribution < -0.4 is 0 Å². The first kappa shape index (κ1) is 13.6. The third-order valence-electron chi connectivity index (χ3n) is 2.02. The molecule has 2 aromatic rings. The molecule has 0 spiro atoms.